The second kappa shape index (κ2) is 60.8. The van der Waals surface area contributed by atoms with Gasteiger partial charge >= 0.3 is 11.9 Å². The van der Waals surface area contributed by atoms with Crippen LogP contribution in [0.25, 0.3) is 0 Å². The zero-order chi connectivity index (χ0) is 55.5. The van der Waals surface area contributed by atoms with Crippen molar-refractivity contribution in [3.05, 3.63) is 0 Å². The van der Waals surface area contributed by atoms with Crippen molar-refractivity contribution in [3.63, 3.8) is 0 Å². The third-order valence-electron chi connectivity index (χ3n) is 15.2. The number of rotatable bonds is 63. The normalized spacial score (nSPS) is 12.5. The highest BCUT2D eigenvalue weighted by molar-refractivity contribution is 5.75. The van der Waals surface area contributed by atoms with E-state index >= 15 is 0 Å². The van der Waals surface area contributed by atoms with Gasteiger partial charge in [-0.3, -0.25) is 14.4 Å². The van der Waals surface area contributed by atoms with Crippen LogP contribution in [0.15, 0.2) is 0 Å². The van der Waals surface area contributed by atoms with Gasteiger partial charge in [-0.2, -0.15) is 0 Å². The molecule has 11 heteroatoms. The summed E-state index contributed by atoms with van der Waals surface area (Å²) in [7, 11) is 2.20. The van der Waals surface area contributed by atoms with Crippen LogP contribution in [0.4, 0.5) is 0 Å². The Morgan fingerprint density at radius 1 is 0.355 bits per heavy atom. The Balaban J connectivity index is 4.76. The predicted molar refractivity (Wildman–Crippen MR) is 321 cm³/mol. The molecule has 0 aromatic heterocycles. The Kier molecular flexibility index (Phi) is 59.4. The van der Waals surface area contributed by atoms with Gasteiger partial charge in [-0.1, -0.05) is 202 Å². The zero-order valence-corrected chi connectivity index (χ0v) is 51.5. The first kappa shape index (κ1) is 74.2. The number of nitrogens with zero attached hydrogens (tertiary/aromatic N) is 2. The zero-order valence-electron chi connectivity index (χ0n) is 51.5. The minimum absolute atomic E-state index is 0.0192. The highest BCUT2D eigenvalue weighted by Crippen LogP contribution is 2.22. The molecule has 0 aliphatic carbocycles. The molecule has 0 aliphatic rings. The van der Waals surface area contributed by atoms with Crippen molar-refractivity contribution in [2.75, 3.05) is 99.2 Å². The number of nitrogens with one attached hydrogen (secondary N) is 1. The summed E-state index contributed by atoms with van der Waals surface area (Å²) in [6.07, 6.45) is 45.8. The molecule has 0 bridgehead atoms. The van der Waals surface area contributed by atoms with Crippen LogP contribution in [-0.4, -0.2) is 127 Å². The van der Waals surface area contributed by atoms with Gasteiger partial charge in [0, 0.05) is 58.7 Å². The largest absolute Gasteiger partial charge is 0.465 e. The third kappa shape index (κ3) is 55.5. The summed E-state index contributed by atoms with van der Waals surface area (Å²) in [5.74, 6) is 1.12. The number of hydrogen-bond donors (Lipinski definition) is 1. The Hall–Kier alpha value is -1.79. The molecule has 2 atom stereocenters. The molecular weight excluding hydrogens is 951 g/mol. The first-order valence-electron chi connectivity index (χ1n) is 33.0. The molecule has 452 valence electrons. The Labute approximate surface area is 471 Å². The van der Waals surface area contributed by atoms with Crippen molar-refractivity contribution in [1.82, 2.24) is 15.1 Å². The molecular formula is C65H129N3O8. The molecule has 0 aromatic carbocycles. The van der Waals surface area contributed by atoms with Crippen molar-refractivity contribution in [3.8, 4) is 0 Å². The number of amides is 1. The van der Waals surface area contributed by atoms with Gasteiger partial charge in [0.15, 0.2) is 0 Å². The van der Waals surface area contributed by atoms with Crippen LogP contribution in [0, 0.1) is 11.8 Å². The van der Waals surface area contributed by atoms with Gasteiger partial charge in [-0.25, -0.2) is 0 Å². The number of likely N-dealkylation sites (N-methyl/N-ethyl adjacent to an activating group) is 1. The summed E-state index contributed by atoms with van der Waals surface area (Å²) in [5, 5.41) is 3.00. The van der Waals surface area contributed by atoms with E-state index in [9.17, 15) is 14.4 Å². The number of esters is 2. The lowest BCUT2D eigenvalue weighted by Gasteiger charge is -2.25. The van der Waals surface area contributed by atoms with Crippen LogP contribution in [0.3, 0.4) is 0 Å². The fraction of sp³-hybridized carbons (Fsp3) is 0.954. The molecule has 11 nitrogen and oxygen atoms in total. The van der Waals surface area contributed by atoms with Gasteiger partial charge in [0.25, 0.3) is 0 Å². The minimum Gasteiger partial charge on any atom is -0.465 e. The standard InChI is InChI=1S/C65H129N3O8/c1-7-12-17-22-25-31-42-61(40-29-20-15-10-4)59-75-64(70)45-34-27-36-49-68(50-37-28-35-46-65(71)76-60-62(41-30-21-16-11-5)43-32-26-23-18-13-8-2)52-51-67(6)48-39-54-73-56-58-74-57-55-72-53-38-47-66-63(69)44-33-24-19-14-9-3/h61-62H,7-60H2,1-6H3,(H,66,69). The van der Waals surface area contributed by atoms with E-state index in [2.05, 4.69) is 56.8 Å². The number of hydrogen-bond acceptors (Lipinski definition) is 10. The number of carbonyl (C=O) groups excluding carboxylic acids is 3. The van der Waals surface area contributed by atoms with Crippen LogP contribution < -0.4 is 5.32 Å². The highest BCUT2D eigenvalue weighted by atomic mass is 16.5. The topological polar surface area (TPSA) is 116 Å². The third-order valence-corrected chi connectivity index (χ3v) is 15.2. The molecule has 1 amide bonds. The number of ether oxygens (including phenoxy) is 5. The van der Waals surface area contributed by atoms with Crippen LogP contribution in [0.1, 0.15) is 291 Å². The second-order valence-electron chi connectivity index (χ2n) is 22.7. The fourth-order valence-corrected chi connectivity index (χ4v) is 10.0. The minimum atomic E-state index is -0.0192. The van der Waals surface area contributed by atoms with Gasteiger partial charge in [0.1, 0.15) is 0 Å². The lowest BCUT2D eigenvalue weighted by molar-refractivity contribution is -0.146. The molecule has 2 unspecified atom stereocenters. The quantitative estimate of drug-likeness (QED) is 0.0466. The SMILES string of the molecule is CCCCCCCCC(CCCCCC)COC(=O)CCCCCN(CCCCCC(=O)OCC(CCCCCC)CCCCCCCC)CCN(C)CCCOCCOCCOCCCNC(=O)CCCCCCC. The average Bonchev–Trinajstić information content (AvgIpc) is 3.41. The molecule has 0 saturated heterocycles. The van der Waals surface area contributed by atoms with E-state index < -0.39 is 0 Å². The molecule has 0 saturated carbocycles. The molecule has 0 aliphatic heterocycles. The maximum atomic E-state index is 12.9. The molecule has 0 aromatic rings. The smallest absolute Gasteiger partial charge is 0.305 e. The second-order valence-corrected chi connectivity index (χ2v) is 22.7. The molecule has 1 N–H and O–H groups in total. The maximum absolute atomic E-state index is 12.9. The Morgan fingerprint density at radius 3 is 1.16 bits per heavy atom. The van der Waals surface area contributed by atoms with E-state index in [0.717, 1.165) is 96.9 Å². The maximum Gasteiger partial charge on any atom is 0.305 e. The summed E-state index contributed by atoms with van der Waals surface area (Å²) in [4.78, 5) is 42.8. The van der Waals surface area contributed by atoms with Crippen LogP contribution in [0.2, 0.25) is 0 Å². The lowest BCUT2D eigenvalue weighted by Crippen LogP contribution is -2.35. The number of unbranched alkanes of at least 4 members (excludes halogenated alkanes) is 24. The fourth-order valence-electron chi connectivity index (χ4n) is 10.0. The Morgan fingerprint density at radius 2 is 0.711 bits per heavy atom. The van der Waals surface area contributed by atoms with E-state index in [1.165, 1.54) is 173 Å². The summed E-state index contributed by atoms with van der Waals surface area (Å²) >= 11 is 0. The van der Waals surface area contributed by atoms with Crippen LogP contribution in [-0.2, 0) is 38.1 Å². The van der Waals surface area contributed by atoms with Crippen molar-refractivity contribution < 1.29 is 38.1 Å². The first-order chi connectivity index (χ1) is 37.3. The number of carbonyl (C=O) groups is 3. The van der Waals surface area contributed by atoms with Crippen molar-refractivity contribution >= 4 is 17.8 Å². The van der Waals surface area contributed by atoms with Gasteiger partial charge in [0.05, 0.1) is 39.6 Å². The van der Waals surface area contributed by atoms with Crippen molar-refractivity contribution in [1.29, 1.82) is 0 Å². The van der Waals surface area contributed by atoms with Gasteiger partial charge in [0.2, 0.25) is 5.91 Å². The first-order valence-corrected chi connectivity index (χ1v) is 33.0. The van der Waals surface area contributed by atoms with E-state index in [1.807, 2.05) is 0 Å². The molecule has 0 rings (SSSR count). The molecule has 76 heavy (non-hydrogen) atoms. The van der Waals surface area contributed by atoms with E-state index in [0.29, 0.717) is 90.5 Å². The molecule has 0 fully saturated rings. The monoisotopic (exact) mass is 1080 g/mol. The van der Waals surface area contributed by atoms with Crippen molar-refractivity contribution in [2.45, 2.75) is 291 Å². The lowest BCUT2D eigenvalue weighted by atomic mass is 9.95. The summed E-state index contributed by atoms with van der Waals surface area (Å²) in [5.41, 5.74) is 0. The molecule has 0 radical (unpaired) electrons. The van der Waals surface area contributed by atoms with E-state index in [4.69, 9.17) is 23.7 Å². The van der Waals surface area contributed by atoms with Crippen molar-refractivity contribution in [2.24, 2.45) is 11.8 Å². The van der Waals surface area contributed by atoms with Gasteiger partial charge < -0.3 is 38.8 Å². The summed E-state index contributed by atoms with van der Waals surface area (Å²) in [6.45, 7) is 21.7. The van der Waals surface area contributed by atoms with Crippen LogP contribution >= 0.6 is 0 Å². The predicted octanol–water partition coefficient (Wildman–Crippen LogP) is 16.4. The van der Waals surface area contributed by atoms with Crippen LogP contribution in [0.5, 0.6) is 0 Å². The highest BCUT2D eigenvalue weighted by Gasteiger charge is 2.15. The van der Waals surface area contributed by atoms with E-state index in [1.54, 1.807) is 0 Å². The van der Waals surface area contributed by atoms with Gasteiger partial charge in [-0.05, 0) is 103 Å². The molecule has 0 heterocycles. The summed E-state index contributed by atoms with van der Waals surface area (Å²) in [6, 6.07) is 0. The molecule has 0 spiro atoms. The average molecular weight is 1080 g/mol. The summed E-state index contributed by atoms with van der Waals surface area (Å²) < 4.78 is 29.1. The van der Waals surface area contributed by atoms with Gasteiger partial charge in [-0.15, -0.1) is 0 Å². The Bertz CT molecular complexity index is 1150. The van der Waals surface area contributed by atoms with E-state index in [-0.39, 0.29) is 17.8 Å².